The van der Waals surface area contributed by atoms with Crippen LogP contribution in [0.4, 0.5) is 9.52 Å². The van der Waals surface area contributed by atoms with Crippen molar-refractivity contribution in [1.82, 2.24) is 4.98 Å². The van der Waals surface area contributed by atoms with Crippen LogP contribution < -0.4 is 5.32 Å². The van der Waals surface area contributed by atoms with Crippen LogP contribution in [-0.4, -0.2) is 10.9 Å². The summed E-state index contributed by atoms with van der Waals surface area (Å²) in [7, 11) is 0. The van der Waals surface area contributed by atoms with Crippen molar-refractivity contribution in [3.05, 3.63) is 10.8 Å². The monoisotopic (exact) mass is 230 g/mol. The highest BCUT2D eigenvalue weighted by atomic mass is 32.1. The van der Waals surface area contributed by atoms with E-state index in [2.05, 4.69) is 10.3 Å². The molecule has 0 saturated heterocycles. The van der Waals surface area contributed by atoms with Gasteiger partial charge in [-0.2, -0.15) is 9.37 Å². The first-order chi connectivity index (χ1) is 6.78. The maximum absolute atomic E-state index is 13.3. The molecule has 0 bridgehead atoms. The molecule has 1 N–H and O–H groups in total. The zero-order valence-corrected chi connectivity index (χ0v) is 10.2. The molecule has 0 spiro atoms. The average Bonchev–Trinajstić information content (AvgIpc) is 2.26. The molecular formula is C10H15FN2OS. The molecule has 0 unspecified atom stereocenters. The SMILES string of the molecule is CC(=O)Nc1nc(F)c(CC(C)(C)C)s1. The first kappa shape index (κ1) is 12.1. The minimum Gasteiger partial charge on any atom is -0.302 e. The van der Waals surface area contributed by atoms with Crippen LogP contribution in [0.25, 0.3) is 0 Å². The van der Waals surface area contributed by atoms with Crippen LogP contribution in [-0.2, 0) is 11.2 Å². The second-order valence-electron chi connectivity index (χ2n) is 4.65. The van der Waals surface area contributed by atoms with Gasteiger partial charge in [-0.3, -0.25) is 4.79 Å². The normalized spacial score (nSPS) is 11.5. The fraction of sp³-hybridized carbons (Fsp3) is 0.600. The average molecular weight is 230 g/mol. The van der Waals surface area contributed by atoms with Crippen LogP contribution in [0, 0.1) is 11.4 Å². The third-order valence-corrected chi connectivity index (χ3v) is 2.57. The van der Waals surface area contributed by atoms with E-state index in [1.165, 1.54) is 18.3 Å². The van der Waals surface area contributed by atoms with E-state index in [0.29, 0.717) is 16.4 Å². The second kappa shape index (κ2) is 4.26. The molecule has 1 rings (SSSR count). The zero-order valence-electron chi connectivity index (χ0n) is 9.35. The summed E-state index contributed by atoms with van der Waals surface area (Å²) in [5.74, 6) is -0.704. The Hall–Kier alpha value is -0.970. The molecule has 0 aliphatic heterocycles. The Morgan fingerprint density at radius 3 is 2.60 bits per heavy atom. The van der Waals surface area contributed by atoms with Gasteiger partial charge in [0.05, 0.1) is 4.88 Å². The molecule has 0 fully saturated rings. The van der Waals surface area contributed by atoms with E-state index >= 15 is 0 Å². The number of nitrogens with zero attached hydrogens (tertiary/aromatic N) is 1. The highest BCUT2D eigenvalue weighted by Crippen LogP contribution is 2.29. The van der Waals surface area contributed by atoms with Gasteiger partial charge in [0.2, 0.25) is 11.9 Å². The van der Waals surface area contributed by atoms with Crippen LogP contribution >= 0.6 is 11.3 Å². The Balaban J connectivity index is 2.82. The summed E-state index contributed by atoms with van der Waals surface area (Å²) < 4.78 is 13.3. The van der Waals surface area contributed by atoms with Gasteiger partial charge in [-0.05, 0) is 11.8 Å². The molecule has 1 aromatic rings. The van der Waals surface area contributed by atoms with Gasteiger partial charge in [0, 0.05) is 6.92 Å². The minimum atomic E-state index is -0.473. The molecule has 0 aliphatic rings. The number of rotatable bonds is 2. The molecule has 0 radical (unpaired) electrons. The van der Waals surface area contributed by atoms with Crippen molar-refractivity contribution in [2.75, 3.05) is 5.32 Å². The first-order valence-corrected chi connectivity index (χ1v) is 5.52. The summed E-state index contributed by atoms with van der Waals surface area (Å²) in [6.45, 7) is 7.47. The number of hydrogen-bond acceptors (Lipinski definition) is 3. The third-order valence-electron chi connectivity index (χ3n) is 1.62. The molecule has 84 valence electrons. The van der Waals surface area contributed by atoms with Crippen LogP contribution in [0.2, 0.25) is 0 Å². The number of hydrogen-bond donors (Lipinski definition) is 1. The van der Waals surface area contributed by atoms with Gasteiger partial charge in [0.25, 0.3) is 0 Å². The van der Waals surface area contributed by atoms with Gasteiger partial charge in [-0.1, -0.05) is 32.1 Å². The number of thiazole rings is 1. The standard InChI is InChI=1S/C10H15FN2OS/c1-6(14)12-9-13-8(11)7(15-9)5-10(2,3)4/h5H2,1-4H3,(H,12,13,14). The third kappa shape index (κ3) is 3.95. The summed E-state index contributed by atoms with van der Waals surface area (Å²) in [5, 5.41) is 2.81. The Bertz CT molecular complexity index is 368. The van der Waals surface area contributed by atoms with Gasteiger partial charge in [0.1, 0.15) is 0 Å². The molecular weight excluding hydrogens is 215 g/mol. The van der Waals surface area contributed by atoms with E-state index in [1.54, 1.807) is 0 Å². The van der Waals surface area contributed by atoms with E-state index in [9.17, 15) is 9.18 Å². The van der Waals surface area contributed by atoms with Crippen molar-refractivity contribution < 1.29 is 9.18 Å². The fourth-order valence-corrected chi connectivity index (χ4v) is 2.32. The molecule has 0 aliphatic carbocycles. The molecule has 0 aromatic carbocycles. The van der Waals surface area contributed by atoms with Gasteiger partial charge < -0.3 is 5.32 Å². The topological polar surface area (TPSA) is 42.0 Å². The summed E-state index contributed by atoms with van der Waals surface area (Å²) in [5.41, 5.74) is 0.0147. The Kier molecular flexibility index (Phi) is 3.44. The minimum absolute atomic E-state index is 0.0147. The largest absolute Gasteiger partial charge is 0.302 e. The lowest BCUT2D eigenvalue weighted by molar-refractivity contribution is -0.114. The number of amides is 1. The Labute approximate surface area is 92.7 Å². The fourth-order valence-electron chi connectivity index (χ4n) is 1.13. The van der Waals surface area contributed by atoms with Gasteiger partial charge in [0.15, 0.2) is 5.13 Å². The number of anilines is 1. The van der Waals surface area contributed by atoms with E-state index in [4.69, 9.17) is 0 Å². The quantitative estimate of drug-likeness (QED) is 0.848. The lowest BCUT2D eigenvalue weighted by atomic mass is 9.92. The summed E-state index contributed by atoms with van der Waals surface area (Å²) >= 11 is 1.20. The highest BCUT2D eigenvalue weighted by Gasteiger charge is 2.18. The van der Waals surface area contributed by atoms with Crippen LogP contribution in [0.15, 0.2) is 0 Å². The van der Waals surface area contributed by atoms with Gasteiger partial charge in [-0.25, -0.2) is 0 Å². The predicted octanol–water partition coefficient (Wildman–Crippen LogP) is 2.83. The number of nitrogens with one attached hydrogen (secondary N) is 1. The molecule has 3 nitrogen and oxygen atoms in total. The molecule has 0 saturated carbocycles. The number of carbonyl (C=O) groups excluding carboxylic acids is 1. The highest BCUT2D eigenvalue weighted by molar-refractivity contribution is 7.15. The predicted molar refractivity (Wildman–Crippen MR) is 59.5 cm³/mol. The molecule has 5 heteroatoms. The number of carbonyl (C=O) groups is 1. The Morgan fingerprint density at radius 1 is 1.53 bits per heavy atom. The number of halogens is 1. The van der Waals surface area contributed by atoms with E-state index in [1.807, 2.05) is 20.8 Å². The van der Waals surface area contributed by atoms with E-state index in [0.717, 1.165) is 0 Å². The van der Waals surface area contributed by atoms with E-state index < -0.39 is 5.95 Å². The van der Waals surface area contributed by atoms with Gasteiger partial charge in [-0.15, -0.1) is 0 Å². The molecule has 1 aromatic heterocycles. The summed E-state index contributed by atoms with van der Waals surface area (Å²) in [6, 6.07) is 0. The molecule has 15 heavy (non-hydrogen) atoms. The van der Waals surface area contributed by atoms with Crippen LogP contribution in [0.5, 0.6) is 0 Å². The second-order valence-corrected chi connectivity index (χ2v) is 5.74. The van der Waals surface area contributed by atoms with Crippen molar-refractivity contribution in [1.29, 1.82) is 0 Å². The zero-order chi connectivity index (χ0) is 11.6. The maximum Gasteiger partial charge on any atom is 0.228 e. The lowest BCUT2D eigenvalue weighted by Gasteiger charge is -2.15. The lowest BCUT2D eigenvalue weighted by Crippen LogP contribution is -2.08. The summed E-state index contributed by atoms with van der Waals surface area (Å²) in [4.78, 5) is 15.0. The first-order valence-electron chi connectivity index (χ1n) is 4.71. The van der Waals surface area contributed by atoms with Crippen molar-refractivity contribution in [2.24, 2.45) is 5.41 Å². The van der Waals surface area contributed by atoms with Crippen molar-refractivity contribution in [3.63, 3.8) is 0 Å². The van der Waals surface area contributed by atoms with Gasteiger partial charge >= 0.3 is 0 Å². The molecule has 1 heterocycles. The van der Waals surface area contributed by atoms with Crippen molar-refractivity contribution >= 4 is 22.4 Å². The Morgan fingerprint density at radius 2 is 2.13 bits per heavy atom. The molecule has 0 atom stereocenters. The van der Waals surface area contributed by atoms with E-state index in [-0.39, 0.29) is 11.3 Å². The maximum atomic E-state index is 13.3. The van der Waals surface area contributed by atoms with Crippen LogP contribution in [0.3, 0.4) is 0 Å². The summed E-state index contributed by atoms with van der Waals surface area (Å²) in [6.07, 6.45) is 0.621. The van der Waals surface area contributed by atoms with Crippen molar-refractivity contribution in [3.8, 4) is 0 Å². The smallest absolute Gasteiger partial charge is 0.228 e. The number of aromatic nitrogens is 1. The van der Waals surface area contributed by atoms with Crippen LogP contribution in [0.1, 0.15) is 32.6 Å². The van der Waals surface area contributed by atoms with Crippen molar-refractivity contribution in [2.45, 2.75) is 34.1 Å². The molecule has 1 amide bonds.